The molecule has 0 spiro atoms. The molecule has 2 N–H and O–H groups in total. The fraction of sp³-hybridized carbons (Fsp3) is 0.625. The first-order valence-corrected chi connectivity index (χ1v) is 7.09. The molecule has 0 saturated heterocycles. The van der Waals surface area contributed by atoms with Gasteiger partial charge in [0, 0.05) is 19.6 Å². The lowest BCUT2D eigenvalue weighted by molar-refractivity contribution is 0.251. The van der Waals surface area contributed by atoms with Crippen molar-refractivity contribution in [3.05, 3.63) is 23.8 Å². The van der Waals surface area contributed by atoms with E-state index in [9.17, 15) is 5.11 Å². The minimum Gasteiger partial charge on any atom is -0.508 e. The summed E-state index contributed by atoms with van der Waals surface area (Å²) in [6.45, 7) is 6.58. The Labute approximate surface area is 117 Å². The third-order valence-corrected chi connectivity index (χ3v) is 4.46. The van der Waals surface area contributed by atoms with E-state index < -0.39 is 0 Å². The van der Waals surface area contributed by atoms with Crippen LogP contribution in [0.1, 0.15) is 40.1 Å². The quantitative estimate of drug-likeness (QED) is 0.855. The Morgan fingerprint density at radius 2 is 2.26 bits per heavy atom. The fourth-order valence-electron chi connectivity index (χ4n) is 3.04. The molecule has 3 heteroatoms. The van der Waals surface area contributed by atoms with Crippen LogP contribution in [0.25, 0.3) is 0 Å². The van der Waals surface area contributed by atoms with Gasteiger partial charge in [0.15, 0.2) is 0 Å². The highest BCUT2D eigenvalue weighted by Gasteiger charge is 2.33. The van der Waals surface area contributed by atoms with E-state index in [1.165, 1.54) is 19.3 Å². The van der Waals surface area contributed by atoms with Gasteiger partial charge in [0.25, 0.3) is 0 Å². The Morgan fingerprint density at radius 3 is 2.89 bits per heavy atom. The summed E-state index contributed by atoms with van der Waals surface area (Å²) in [7, 11) is 1.64. The Bertz CT molecular complexity index is 434. The Morgan fingerprint density at radius 1 is 1.47 bits per heavy atom. The van der Waals surface area contributed by atoms with E-state index in [4.69, 9.17) is 4.74 Å². The zero-order valence-corrected chi connectivity index (χ0v) is 12.2. The number of hydrogen-bond acceptors (Lipinski definition) is 3. The van der Waals surface area contributed by atoms with Gasteiger partial charge in [-0.05, 0) is 36.8 Å². The number of methoxy groups -OCH3 is 1. The van der Waals surface area contributed by atoms with Crippen molar-refractivity contribution in [1.82, 2.24) is 5.32 Å². The van der Waals surface area contributed by atoms with Crippen LogP contribution >= 0.6 is 0 Å². The second-order valence-electron chi connectivity index (χ2n) is 6.20. The summed E-state index contributed by atoms with van der Waals surface area (Å²) in [5.74, 6) is 1.76. The number of benzene rings is 1. The summed E-state index contributed by atoms with van der Waals surface area (Å²) >= 11 is 0. The van der Waals surface area contributed by atoms with E-state index in [1.54, 1.807) is 19.2 Å². The normalized spacial score (nSPS) is 21.5. The second-order valence-corrected chi connectivity index (χ2v) is 6.20. The van der Waals surface area contributed by atoms with Crippen LogP contribution in [0.15, 0.2) is 18.2 Å². The molecule has 1 atom stereocenters. The summed E-state index contributed by atoms with van der Waals surface area (Å²) in [6, 6.07) is 5.29. The van der Waals surface area contributed by atoms with Crippen LogP contribution in [0.3, 0.4) is 0 Å². The maximum Gasteiger partial charge on any atom is 0.127 e. The molecule has 0 aliphatic heterocycles. The molecule has 0 bridgehead atoms. The van der Waals surface area contributed by atoms with Gasteiger partial charge in [-0.2, -0.15) is 0 Å². The molecule has 1 aromatic carbocycles. The smallest absolute Gasteiger partial charge is 0.127 e. The molecule has 3 nitrogen and oxygen atoms in total. The van der Waals surface area contributed by atoms with Crippen molar-refractivity contribution in [2.24, 2.45) is 11.3 Å². The molecule has 1 unspecified atom stereocenters. The molecule has 1 fully saturated rings. The zero-order valence-electron chi connectivity index (χ0n) is 12.2. The van der Waals surface area contributed by atoms with E-state index in [-0.39, 0.29) is 7.18 Å². The Hall–Kier alpha value is -1.22. The van der Waals surface area contributed by atoms with Crippen molar-refractivity contribution in [3.8, 4) is 11.5 Å². The number of rotatable bonds is 5. The molecule has 1 saturated carbocycles. The SMILES string of the molecule is COc1cc(O)ccc1CNCC1CCCC1(C)C.[HH]. The number of hydrogen-bond donors (Lipinski definition) is 2. The molecule has 0 amide bonds. The third kappa shape index (κ3) is 3.41. The standard InChI is InChI=1S/C16H25NO2.H2/c1-16(2)8-4-5-13(16)11-17-10-12-6-7-14(18)9-15(12)19-3;/h6-7,9,13,17-18H,4-5,8,10-11H2,1-3H3;1H. The molecule has 19 heavy (non-hydrogen) atoms. The minimum absolute atomic E-state index is 0. The molecular weight excluding hydrogens is 238 g/mol. The lowest BCUT2D eigenvalue weighted by atomic mass is 9.82. The highest BCUT2D eigenvalue weighted by atomic mass is 16.5. The van der Waals surface area contributed by atoms with Gasteiger partial charge in [0.2, 0.25) is 0 Å². The fourth-order valence-corrected chi connectivity index (χ4v) is 3.04. The van der Waals surface area contributed by atoms with Gasteiger partial charge in [-0.3, -0.25) is 0 Å². The monoisotopic (exact) mass is 265 g/mol. The van der Waals surface area contributed by atoms with Crippen LogP contribution < -0.4 is 10.1 Å². The Balaban J connectivity index is 0.00000200. The van der Waals surface area contributed by atoms with Crippen molar-refractivity contribution in [1.29, 1.82) is 0 Å². The number of nitrogens with one attached hydrogen (secondary N) is 1. The first-order valence-electron chi connectivity index (χ1n) is 7.09. The first kappa shape index (κ1) is 14.2. The van der Waals surface area contributed by atoms with Crippen LogP contribution in [-0.2, 0) is 6.54 Å². The lowest BCUT2D eigenvalue weighted by Gasteiger charge is -2.27. The number of phenolic OH excluding ortho intramolecular Hbond substituents is 1. The molecule has 108 valence electrons. The summed E-state index contributed by atoms with van der Waals surface area (Å²) < 4.78 is 5.29. The topological polar surface area (TPSA) is 41.5 Å². The van der Waals surface area contributed by atoms with Crippen LogP contribution in [0.2, 0.25) is 0 Å². The zero-order chi connectivity index (χ0) is 13.9. The van der Waals surface area contributed by atoms with Crippen molar-refractivity contribution >= 4 is 0 Å². The van der Waals surface area contributed by atoms with E-state index in [0.29, 0.717) is 5.41 Å². The molecule has 1 aromatic rings. The summed E-state index contributed by atoms with van der Waals surface area (Å²) in [5.41, 5.74) is 1.56. The maximum atomic E-state index is 9.43. The molecule has 1 aliphatic carbocycles. The molecule has 0 heterocycles. The van der Waals surface area contributed by atoms with Gasteiger partial charge in [0.1, 0.15) is 11.5 Å². The predicted octanol–water partition coefficient (Wildman–Crippen LogP) is 3.56. The molecule has 1 aliphatic rings. The van der Waals surface area contributed by atoms with Crippen LogP contribution in [0.4, 0.5) is 0 Å². The third-order valence-electron chi connectivity index (χ3n) is 4.46. The van der Waals surface area contributed by atoms with Gasteiger partial charge in [0.05, 0.1) is 7.11 Å². The van der Waals surface area contributed by atoms with E-state index >= 15 is 0 Å². The van der Waals surface area contributed by atoms with Gasteiger partial charge in [-0.15, -0.1) is 0 Å². The molecule has 2 rings (SSSR count). The van der Waals surface area contributed by atoms with Gasteiger partial charge < -0.3 is 15.2 Å². The largest absolute Gasteiger partial charge is 0.508 e. The van der Waals surface area contributed by atoms with Gasteiger partial charge >= 0.3 is 0 Å². The Kier molecular flexibility index (Phi) is 4.35. The number of phenols is 1. The first-order chi connectivity index (χ1) is 9.03. The summed E-state index contributed by atoms with van der Waals surface area (Å²) in [5, 5.41) is 13.0. The van der Waals surface area contributed by atoms with Crippen molar-refractivity contribution in [2.45, 2.75) is 39.7 Å². The average Bonchev–Trinajstić information content (AvgIpc) is 2.70. The highest BCUT2D eigenvalue weighted by molar-refractivity contribution is 5.39. The van der Waals surface area contributed by atoms with Crippen LogP contribution in [0.5, 0.6) is 11.5 Å². The van der Waals surface area contributed by atoms with Crippen molar-refractivity contribution < 1.29 is 11.3 Å². The van der Waals surface area contributed by atoms with Crippen LogP contribution in [-0.4, -0.2) is 18.8 Å². The molecule has 0 radical (unpaired) electrons. The van der Waals surface area contributed by atoms with Gasteiger partial charge in [-0.25, -0.2) is 0 Å². The summed E-state index contributed by atoms with van der Waals surface area (Å²) in [4.78, 5) is 0. The van der Waals surface area contributed by atoms with E-state index in [2.05, 4.69) is 19.2 Å². The highest BCUT2D eigenvalue weighted by Crippen LogP contribution is 2.42. The van der Waals surface area contributed by atoms with Crippen LogP contribution in [0, 0.1) is 11.3 Å². The molecule has 0 aromatic heterocycles. The lowest BCUT2D eigenvalue weighted by Crippen LogP contribution is -2.29. The van der Waals surface area contributed by atoms with Crippen molar-refractivity contribution in [3.63, 3.8) is 0 Å². The minimum atomic E-state index is 0. The maximum absolute atomic E-state index is 9.43. The number of ether oxygens (including phenoxy) is 1. The number of aromatic hydroxyl groups is 1. The van der Waals surface area contributed by atoms with Gasteiger partial charge in [-0.1, -0.05) is 26.3 Å². The van der Waals surface area contributed by atoms with Crippen molar-refractivity contribution in [2.75, 3.05) is 13.7 Å². The average molecular weight is 265 g/mol. The summed E-state index contributed by atoms with van der Waals surface area (Å²) in [6.07, 6.45) is 4.01. The second kappa shape index (κ2) is 5.83. The predicted molar refractivity (Wildman–Crippen MR) is 79.6 cm³/mol. The van der Waals surface area contributed by atoms with E-state index in [1.807, 2.05) is 6.07 Å². The van der Waals surface area contributed by atoms with E-state index in [0.717, 1.165) is 30.3 Å². The molecular formula is C16H27NO2.